The maximum Gasteiger partial charge on any atom is 0.272 e. The third-order valence-corrected chi connectivity index (χ3v) is 7.31. The van der Waals surface area contributed by atoms with E-state index in [4.69, 9.17) is 0 Å². The van der Waals surface area contributed by atoms with Gasteiger partial charge in [0, 0.05) is 43.5 Å². The van der Waals surface area contributed by atoms with Gasteiger partial charge in [-0.1, -0.05) is 31.2 Å². The highest BCUT2D eigenvalue weighted by atomic mass is 19.1. The van der Waals surface area contributed by atoms with E-state index in [1.807, 2.05) is 18.2 Å². The number of aromatic amines is 1. The van der Waals surface area contributed by atoms with Gasteiger partial charge < -0.3 is 4.90 Å². The number of rotatable bonds is 4. The van der Waals surface area contributed by atoms with Crippen molar-refractivity contribution in [3.05, 3.63) is 75.5 Å². The van der Waals surface area contributed by atoms with Gasteiger partial charge in [-0.15, -0.1) is 0 Å². The Morgan fingerprint density at radius 2 is 1.82 bits per heavy atom. The lowest BCUT2D eigenvalue weighted by Crippen LogP contribution is -2.61. The van der Waals surface area contributed by atoms with E-state index < -0.39 is 5.82 Å². The third-order valence-electron chi connectivity index (χ3n) is 7.31. The Balaban J connectivity index is 1.33. The molecule has 1 saturated carbocycles. The molecule has 2 heterocycles. The smallest absolute Gasteiger partial charge is 0.272 e. The predicted molar refractivity (Wildman–Crippen MR) is 126 cm³/mol. The Bertz CT molecular complexity index is 1260. The molecule has 1 amide bonds. The van der Waals surface area contributed by atoms with Crippen molar-refractivity contribution in [3.63, 3.8) is 0 Å². The summed E-state index contributed by atoms with van der Waals surface area (Å²) in [4.78, 5) is 29.5. The van der Waals surface area contributed by atoms with Crippen LogP contribution >= 0.6 is 0 Å². The summed E-state index contributed by atoms with van der Waals surface area (Å²) in [6.07, 6.45) is 2.79. The number of piperazine rings is 1. The molecular formula is C26H29FN4O2. The van der Waals surface area contributed by atoms with Crippen molar-refractivity contribution in [3.8, 4) is 0 Å². The summed E-state index contributed by atoms with van der Waals surface area (Å²) in [6, 6.07) is 11.9. The number of nitrogens with zero attached hydrogens (tertiary/aromatic N) is 3. The zero-order chi connectivity index (χ0) is 23.2. The standard InChI is InChI=1S/C26H29FN4O2/c1-17-15-26(2,16-17)31-11-9-30(10-12-31)25(33)21-13-18(7-8-22(21)27)14-23-19-5-3-4-6-20(19)24(32)29-28-23/h3-8,13,17H,9-12,14-16H2,1-2H3,(H,29,32). The van der Waals surface area contributed by atoms with Gasteiger partial charge in [-0.2, -0.15) is 5.10 Å². The van der Waals surface area contributed by atoms with Crippen molar-refractivity contribution in [2.75, 3.05) is 26.2 Å². The molecule has 2 fully saturated rings. The van der Waals surface area contributed by atoms with Crippen molar-refractivity contribution in [1.29, 1.82) is 0 Å². The van der Waals surface area contributed by atoms with E-state index in [9.17, 15) is 14.0 Å². The van der Waals surface area contributed by atoms with E-state index in [1.165, 1.54) is 18.9 Å². The Morgan fingerprint density at radius 1 is 1.12 bits per heavy atom. The SMILES string of the molecule is CC1CC(C)(N2CCN(C(=O)c3cc(Cc4n[nH]c(=O)c5ccccc45)ccc3F)CC2)C1. The quantitative estimate of drug-likeness (QED) is 0.662. The molecule has 6 nitrogen and oxygen atoms in total. The van der Waals surface area contributed by atoms with Crippen molar-refractivity contribution >= 4 is 16.7 Å². The third kappa shape index (κ3) is 4.06. The maximum absolute atomic E-state index is 14.7. The van der Waals surface area contributed by atoms with Crippen LogP contribution in [0.5, 0.6) is 0 Å². The number of aromatic nitrogens is 2. The van der Waals surface area contributed by atoms with E-state index in [1.54, 1.807) is 23.1 Å². The second kappa shape index (κ2) is 8.37. The van der Waals surface area contributed by atoms with Crippen LogP contribution in [0.3, 0.4) is 0 Å². The fraction of sp³-hybridized carbons (Fsp3) is 0.423. The number of fused-ring (bicyclic) bond motifs is 1. The first-order valence-electron chi connectivity index (χ1n) is 11.6. The summed E-state index contributed by atoms with van der Waals surface area (Å²) in [5.74, 6) is -0.00814. The van der Waals surface area contributed by atoms with Crippen LogP contribution in [0.25, 0.3) is 10.8 Å². The Kier molecular flexibility index (Phi) is 5.52. The number of carbonyl (C=O) groups excluding carboxylic acids is 1. The lowest BCUT2D eigenvalue weighted by Gasteiger charge is -2.54. The Labute approximate surface area is 192 Å². The van der Waals surface area contributed by atoms with Gasteiger partial charge in [0.25, 0.3) is 11.5 Å². The van der Waals surface area contributed by atoms with Crippen molar-refractivity contribution in [2.45, 2.75) is 38.6 Å². The number of hydrogen-bond donors (Lipinski definition) is 1. The summed E-state index contributed by atoms with van der Waals surface area (Å²) < 4.78 is 14.7. The molecule has 1 N–H and O–H groups in total. The van der Waals surface area contributed by atoms with Gasteiger partial charge in [0.05, 0.1) is 16.6 Å². The molecule has 2 aliphatic rings. The molecule has 1 saturated heterocycles. The zero-order valence-corrected chi connectivity index (χ0v) is 19.1. The van der Waals surface area contributed by atoms with Crippen LogP contribution in [-0.2, 0) is 6.42 Å². The van der Waals surface area contributed by atoms with E-state index in [0.717, 1.165) is 30.0 Å². The summed E-state index contributed by atoms with van der Waals surface area (Å²) in [6.45, 7) is 7.45. The summed E-state index contributed by atoms with van der Waals surface area (Å²) in [5, 5.41) is 8.06. The van der Waals surface area contributed by atoms with Gasteiger partial charge in [-0.25, -0.2) is 9.49 Å². The van der Waals surface area contributed by atoms with Crippen LogP contribution in [0.15, 0.2) is 47.3 Å². The summed E-state index contributed by atoms with van der Waals surface area (Å²) >= 11 is 0. The van der Waals surface area contributed by atoms with E-state index >= 15 is 0 Å². The molecule has 1 aliphatic carbocycles. The van der Waals surface area contributed by atoms with Crippen LogP contribution in [-0.4, -0.2) is 57.6 Å². The molecule has 172 valence electrons. The number of halogens is 1. The monoisotopic (exact) mass is 448 g/mol. The lowest BCUT2D eigenvalue weighted by molar-refractivity contribution is -0.0297. The van der Waals surface area contributed by atoms with Crippen LogP contribution in [0.4, 0.5) is 4.39 Å². The van der Waals surface area contributed by atoms with Crippen LogP contribution in [0, 0.1) is 11.7 Å². The van der Waals surface area contributed by atoms with Crippen LogP contribution in [0.2, 0.25) is 0 Å². The Morgan fingerprint density at radius 3 is 2.52 bits per heavy atom. The van der Waals surface area contributed by atoms with E-state index in [2.05, 4.69) is 28.9 Å². The number of carbonyl (C=O) groups is 1. The zero-order valence-electron chi connectivity index (χ0n) is 19.1. The fourth-order valence-corrected chi connectivity index (χ4v) is 5.67. The molecule has 1 aliphatic heterocycles. The largest absolute Gasteiger partial charge is 0.336 e. The highest BCUT2D eigenvalue weighted by Crippen LogP contribution is 2.42. The molecular weight excluding hydrogens is 419 g/mol. The highest BCUT2D eigenvalue weighted by Gasteiger charge is 2.43. The normalized spacial score (nSPS) is 23.5. The first-order valence-corrected chi connectivity index (χ1v) is 11.6. The molecule has 33 heavy (non-hydrogen) atoms. The van der Waals surface area contributed by atoms with Gasteiger partial charge in [0.2, 0.25) is 0 Å². The molecule has 5 rings (SSSR count). The molecule has 0 spiro atoms. The number of amides is 1. The van der Waals surface area contributed by atoms with E-state index in [0.29, 0.717) is 30.6 Å². The van der Waals surface area contributed by atoms with Crippen LogP contribution in [0.1, 0.15) is 48.3 Å². The molecule has 1 aromatic heterocycles. The highest BCUT2D eigenvalue weighted by molar-refractivity contribution is 5.95. The second-order valence-corrected chi connectivity index (χ2v) is 9.83. The summed E-state index contributed by atoms with van der Waals surface area (Å²) in [5.41, 5.74) is 1.56. The average Bonchev–Trinajstić information content (AvgIpc) is 2.81. The molecule has 0 bridgehead atoms. The van der Waals surface area contributed by atoms with Crippen molar-refractivity contribution < 1.29 is 9.18 Å². The average molecular weight is 449 g/mol. The van der Waals surface area contributed by atoms with E-state index in [-0.39, 0.29) is 22.6 Å². The number of hydrogen-bond acceptors (Lipinski definition) is 4. The number of H-pyrrole nitrogens is 1. The first kappa shape index (κ1) is 21.8. The minimum absolute atomic E-state index is 0.0955. The van der Waals surface area contributed by atoms with Crippen molar-refractivity contribution in [1.82, 2.24) is 20.0 Å². The first-order chi connectivity index (χ1) is 15.8. The molecule has 2 aromatic carbocycles. The van der Waals surface area contributed by atoms with Gasteiger partial charge in [-0.3, -0.25) is 14.5 Å². The minimum Gasteiger partial charge on any atom is -0.336 e. The lowest BCUT2D eigenvalue weighted by atomic mass is 9.69. The topological polar surface area (TPSA) is 69.3 Å². The molecule has 0 radical (unpaired) electrons. The molecule has 3 aromatic rings. The molecule has 0 atom stereocenters. The van der Waals surface area contributed by atoms with Gasteiger partial charge in [0.15, 0.2) is 0 Å². The Hall–Kier alpha value is -3.06. The van der Waals surface area contributed by atoms with Crippen LogP contribution < -0.4 is 5.56 Å². The minimum atomic E-state index is -0.509. The second-order valence-electron chi connectivity index (χ2n) is 9.83. The number of nitrogens with one attached hydrogen (secondary N) is 1. The van der Waals surface area contributed by atoms with Crippen molar-refractivity contribution in [2.24, 2.45) is 5.92 Å². The summed E-state index contributed by atoms with van der Waals surface area (Å²) in [7, 11) is 0. The van der Waals surface area contributed by atoms with Gasteiger partial charge >= 0.3 is 0 Å². The fourth-order valence-electron chi connectivity index (χ4n) is 5.67. The van der Waals surface area contributed by atoms with Gasteiger partial charge in [0.1, 0.15) is 5.82 Å². The van der Waals surface area contributed by atoms with Gasteiger partial charge in [-0.05, 0) is 49.4 Å². The molecule has 7 heteroatoms. The maximum atomic E-state index is 14.7. The number of benzene rings is 2. The predicted octanol–water partition coefficient (Wildman–Crippen LogP) is 3.60. The molecule has 0 unspecified atom stereocenters.